The summed E-state index contributed by atoms with van der Waals surface area (Å²) in [6.45, 7) is 1.46. The van der Waals surface area contributed by atoms with E-state index in [1.165, 1.54) is 0 Å². The molecule has 0 bridgehead atoms. The summed E-state index contributed by atoms with van der Waals surface area (Å²) in [5.74, 6) is 0.559. The average molecular weight is 291 g/mol. The number of nitrogens with zero attached hydrogens (tertiary/aromatic N) is 3. The highest BCUT2D eigenvalue weighted by atomic mass is 16.2. The third-order valence-electron chi connectivity index (χ3n) is 3.88. The van der Waals surface area contributed by atoms with Gasteiger partial charge in [-0.25, -0.2) is 9.78 Å². The highest BCUT2D eigenvalue weighted by molar-refractivity contribution is 5.78. The zero-order chi connectivity index (χ0) is 15.2. The van der Waals surface area contributed by atoms with Crippen molar-refractivity contribution in [3.8, 4) is 0 Å². The Kier molecular flexibility index (Phi) is 4.97. The Bertz CT molecular complexity index is 500. The van der Waals surface area contributed by atoms with Crippen LogP contribution in [-0.4, -0.2) is 55.6 Å². The normalized spacial score (nSPS) is 15.4. The van der Waals surface area contributed by atoms with Crippen molar-refractivity contribution in [1.29, 1.82) is 0 Å². The predicted octanol–water partition coefficient (Wildman–Crippen LogP) is 0.890. The maximum atomic E-state index is 11.6. The Morgan fingerprint density at radius 2 is 2.19 bits per heavy atom. The van der Waals surface area contributed by atoms with E-state index < -0.39 is 0 Å². The number of hydrogen-bond donors (Lipinski definition) is 2. The number of rotatable bonds is 4. The molecule has 1 aliphatic heterocycles. The quantitative estimate of drug-likeness (QED) is 0.808. The summed E-state index contributed by atoms with van der Waals surface area (Å²) < 4.78 is 0. The molecule has 1 aromatic rings. The zero-order valence-electron chi connectivity index (χ0n) is 12.4. The number of carbonyl (C=O) groups excluding carboxylic acids is 2. The molecule has 2 N–H and O–H groups in total. The SMILES string of the molecule is CNC(=O)N1CCC(N(C)c2cccnc2NC=O)CC1. The molecule has 0 aliphatic carbocycles. The third-order valence-corrected chi connectivity index (χ3v) is 3.88. The molecule has 0 aromatic carbocycles. The molecule has 114 valence electrons. The molecule has 0 spiro atoms. The van der Waals surface area contributed by atoms with Gasteiger partial charge in [0.05, 0.1) is 5.69 Å². The first-order valence-electron chi connectivity index (χ1n) is 7.02. The maximum Gasteiger partial charge on any atom is 0.317 e. The van der Waals surface area contributed by atoms with Crippen LogP contribution in [0.25, 0.3) is 0 Å². The maximum absolute atomic E-state index is 11.6. The monoisotopic (exact) mass is 291 g/mol. The second-order valence-corrected chi connectivity index (χ2v) is 5.02. The number of urea groups is 1. The molecule has 3 amide bonds. The van der Waals surface area contributed by atoms with Crippen molar-refractivity contribution in [2.24, 2.45) is 0 Å². The van der Waals surface area contributed by atoms with Crippen LogP contribution in [0.15, 0.2) is 18.3 Å². The first-order valence-corrected chi connectivity index (χ1v) is 7.02. The van der Waals surface area contributed by atoms with Gasteiger partial charge >= 0.3 is 6.03 Å². The van der Waals surface area contributed by atoms with Crippen LogP contribution in [0.2, 0.25) is 0 Å². The molecule has 2 heterocycles. The molecule has 1 aliphatic rings. The average Bonchev–Trinajstić information content (AvgIpc) is 2.54. The lowest BCUT2D eigenvalue weighted by Crippen LogP contribution is -2.48. The Morgan fingerprint density at radius 1 is 1.48 bits per heavy atom. The molecule has 0 atom stereocenters. The number of hydrogen-bond acceptors (Lipinski definition) is 4. The molecule has 1 aromatic heterocycles. The van der Waals surface area contributed by atoms with E-state index in [0.29, 0.717) is 18.3 Å². The molecule has 2 rings (SSSR count). The molecule has 7 nitrogen and oxygen atoms in total. The molecule has 1 fully saturated rings. The van der Waals surface area contributed by atoms with Gasteiger partial charge in [-0.15, -0.1) is 0 Å². The second-order valence-electron chi connectivity index (χ2n) is 5.02. The van der Waals surface area contributed by atoms with E-state index in [4.69, 9.17) is 0 Å². The van der Waals surface area contributed by atoms with Crippen LogP contribution in [0, 0.1) is 0 Å². The third kappa shape index (κ3) is 3.42. The summed E-state index contributed by atoms with van der Waals surface area (Å²) in [5, 5.41) is 5.28. The number of nitrogens with one attached hydrogen (secondary N) is 2. The second kappa shape index (κ2) is 6.92. The minimum absolute atomic E-state index is 0.0270. The van der Waals surface area contributed by atoms with Gasteiger partial charge in [0, 0.05) is 39.4 Å². The van der Waals surface area contributed by atoms with E-state index >= 15 is 0 Å². The van der Waals surface area contributed by atoms with E-state index in [2.05, 4.69) is 20.5 Å². The molecular weight excluding hydrogens is 270 g/mol. The van der Waals surface area contributed by atoms with Gasteiger partial charge in [-0.1, -0.05) is 0 Å². The van der Waals surface area contributed by atoms with Crippen molar-refractivity contribution in [3.05, 3.63) is 18.3 Å². The van der Waals surface area contributed by atoms with Crippen molar-refractivity contribution in [3.63, 3.8) is 0 Å². The lowest BCUT2D eigenvalue weighted by atomic mass is 10.0. The lowest BCUT2D eigenvalue weighted by molar-refractivity contribution is -0.105. The number of aromatic nitrogens is 1. The smallest absolute Gasteiger partial charge is 0.317 e. The minimum atomic E-state index is -0.0270. The van der Waals surface area contributed by atoms with Gasteiger partial charge in [0.2, 0.25) is 6.41 Å². The molecule has 0 saturated carbocycles. The molecule has 7 heteroatoms. The van der Waals surface area contributed by atoms with Crippen LogP contribution >= 0.6 is 0 Å². The summed E-state index contributed by atoms with van der Waals surface area (Å²) in [6, 6.07) is 4.08. The van der Waals surface area contributed by atoms with E-state index in [1.807, 2.05) is 24.1 Å². The number of amides is 3. The summed E-state index contributed by atoms with van der Waals surface area (Å²) in [4.78, 5) is 30.4. The number of anilines is 2. The fraction of sp³-hybridized carbons (Fsp3) is 0.500. The predicted molar refractivity (Wildman–Crippen MR) is 81.4 cm³/mol. The summed E-state index contributed by atoms with van der Waals surface area (Å²) >= 11 is 0. The van der Waals surface area contributed by atoms with Crippen LogP contribution in [0.3, 0.4) is 0 Å². The summed E-state index contributed by atoms with van der Waals surface area (Å²) in [5.41, 5.74) is 0.892. The number of carbonyl (C=O) groups is 2. The van der Waals surface area contributed by atoms with Gasteiger partial charge in [0.25, 0.3) is 0 Å². The van der Waals surface area contributed by atoms with Crippen LogP contribution < -0.4 is 15.5 Å². The van der Waals surface area contributed by atoms with Gasteiger partial charge in [-0.2, -0.15) is 0 Å². The first kappa shape index (κ1) is 15.1. The Morgan fingerprint density at radius 3 is 2.81 bits per heavy atom. The van der Waals surface area contributed by atoms with Gasteiger partial charge in [0.1, 0.15) is 0 Å². The topological polar surface area (TPSA) is 77.6 Å². The first-order chi connectivity index (χ1) is 10.2. The minimum Gasteiger partial charge on any atom is -0.368 e. The Hall–Kier alpha value is -2.31. The molecular formula is C14H21N5O2. The van der Waals surface area contributed by atoms with E-state index in [9.17, 15) is 9.59 Å². The zero-order valence-corrected chi connectivity index (χ0v) is 12.4. The Labute approximate surface area is 124 Å². The number of pyridine rings is 1. The number of piperidine rings is 1. The molecule has 1 saturated heterocycles. The van der Waals surface area contributed by atoms with Crippen molar-refractivity contribution >= 4 is 23.9 Å². The fourth-order valence-corrected chi connectivity index (χ4v) is 2.66. The fourth-order valence-electron chi connectivity index (χ4n) is 2.66. The van der Waals surface area contributed by atoms with Crippen LogP contribution in [0.1, 0.15) is 12.8 Å². The number of likely N-dealkylation sites (tertiary alicyclic amines) is 1. The highest BCUT2D eigenvalue weighted by Gasteiger charge is 2.26. The standard InChI is InChI=1S/C14H21N5O2/c1-15-14(21)19-8-5-11(6-9-19)18(2)12-4-3-7-16-13(12)17-10-20/h3-4,7,10-11H,5-6,8-9H2,1-2H3,(H,15,21)(H,16,17,20). The van der Waals surface area contributed by atoms with E-state index in [1.54, 1.807) is 13.2 Å². The molecule has 0 unspecified atom stereocenters. The van der Waals surface area contributed by atoms with Crippen molar-refractivity contribution in [2.75, 3.05) is 37.4 Å². The van der Waals surface area contributed by atoms with Crippen molar-refractivity contribution in [1.82, 2.24) is 15.2 Å². The molecule has 21 heavy (non-hydrogen) atoms. The molecule has 0 radical (unpaired) electrons. The van der Waals surface area contributed by atoms with Crippen LogP contribution in [0.4, 0.5) is 16.3 Å². The largest absolute Gasteiger partial charge is 0.368 e. The van der Waals surface area contributed by atoms with Crippen molar-refractivity contribution < 1.29 is 9.59 Å². The van der Waals surface area contributed by atoms with E-state index in [0.717, 1.165) is 31.6 Å². The summed E-state index contributed by atoms with van der Waals surface area (Å²) in [6.07, 6.45) is 4.06. The van der Waals surface area contributed by atoms with Crippen LogP contribution in [-0.2, 0) is 4.79 Å². The van der Waals surface area contributed by atoms with Crippen molar-refractivity contribution in [2.45, 2.75) is 18.9 Å². The van der Waals surface area contributed by atoms with Gasteiger partial charge in [0.15, 0.2) is 5.82 Å². The van der Waals surface area contributed by atoms with Gasteiger partial charge in [-0.3, -0.25) is 4.79 Å². The van der Waals surface area contributed by atoms with Gasteiger partial charge < -0.3 is 20.4 Å². The van der Waals surface area contributed by atoms with Crippen LogP contribution in [0.5, 0.6) is 0 Å². The van der Waals surface area contributed by atoms with Gasteiger partial charge in [-0.05, 0) is 25.0 Å². The lowest BCUT2D eigenvalue weighted by Gasteiger charge is -2.37. The highest BCUT2D eigenvalue weighted by Crippen LogP contribution is 2.27. The van der Waals surface area contributed by atoms with E-state index in [-0.39, 0.29) is 6.03 Å². The Balaban J connectivity index is 2.03. The summed E-state index contributed by atoms with van der Waals surface area (Å²) in [7, 11) is 3.64.